The number of nitrogens with one attached hydrogen (secondary N) is 2. The predicted molar refractivity (Wildman–Crippen MR) is 120 cm³/mol. The Morgan fingerprint density at radius 2 is 1.85 bits per heavy atom. The number of aromatic nitrogens is 1. The van der Waals surface area contributed by atoms with Crippen LogP contribution in [0, 0.1) is 0 Å². The molecule has 0 atom stereocenters. The van der Waals surface area contributed by atoms with Crippen LogP contribution in [-0.4, -0.2) is 83.5 Å². The van der Waals surface area contributed by atoms with Gasteiger partial charge in [-0.1, -0.05) is 30.3 Å². The second-order valence-electron chi connectivity index (χ2n) is 7.67. The molecule has 0 bridgehead atoms. The van der Waals surface area contributed by atoms with Crippen molar-refractivity contribution in [2.45, 2.75) is 12.8 Å². The molecule has 0 aliphatic carbocycles. The van der Waals surface area contributed by atoms with Gasteiger partial charge in [-0.15, -0.1) is 0 Å². The monoisotopic (exact) mass is 453 g/mol. The van der Waals surface area contributed by atoms with Gasteiger partial charge in [-0.25, -0.2) is 9.78 Å². The van der Waals surface area contributed by atoms with Crippen molar-refractivity contribution in [3.63, 3.8) is 0 Å². The maximum Gasteiger partial charge on any atom is 0.407 e. The fourth-order valence-electron chi connectivity index (χ4n) is 3.54. The fourth-order valence-corrected chi connectivity index (χ4v) is 3.54. The van der Waals surface area contributed by atoms with Gasteiger partial charge < -0.3 is 20.6 Å². The highest BCUT2D eigenvalue weighted by atomic mass is 16.4. The maximum atomic E-state index is 12.7. The fraction of sp³-hybridized carbons (Fsp3) is 0.348. The van der Waals surface area contributed by atoms with Crippen molar-refractivity contribution in [3.05, 3.63) is 65.0 Å². The first kappa shape index (κ1) is 23.7. The van der Waals surface area contributed by atoms with Gasteiger partial charge in [0.05, 0.1) is 0 Å². The summed E-state index contributed by atoms with van der Waals surface area (Å²) in [6.07, 6.45) is -0.0964. The quantitative estimate of drug-likeness (QED) is 0.511. The van der Waals surface area contributed by atoms with Crippen LogP contribution in [0.3, 0.4) is 0 Å². The molecule has 1 aliphatic heterocycles. The van der Waals surface area contributed by atoms with Gasteiger partial charge in [-0.05, 0) is 24.1 Å². The van der Waals surface area contributed by atoms with Crippen LogP contribution in [0.2, 0.25) is 0 Å². The highest BCUT2D eigenvalue weighted by Gasteiger charge is 2.26. The van der Waals surface area contributed by atoms with Crippen molar-refractivity contribution < 1.29 is 24.3 Å². The Kier molecular flexibility index (Phi) is 7.96. The van der Waals surface area contributed by atoms with Crippen LogP contribution < -0.4 is 10.6 Å². The number of amides is 4. The third kappa shape index (κ3) is 6.52. The maximum absolute atomic E-state index is 12.7. The lowest BCUT2D eigenvalue weighted by Gasteiger charge is -2.32. The van der Waals surface area contributed by atoms with Crippen LogP contribution >= 0.6 is 0 Å². The minimum atomic E-state index is -1.10. The first-order chi connectivity index (χ1) is 15.9. The van der Waals surface area contributed by atoms with Gasteiger partial charge in [0.25, 0.3) is 11.8 Å². The summed E-state index contributed by atoms with van der Waals surface area (Å²) in [6.45, 7) is 1.21. The van der Waals surface area contributed by atoms with E-state index in [1.807, 2.05) is 30.3 Å². The standard InChI is InChI=1S/C23H27N5O5/c1-24-22(31)19-14-17(13-18(26-19)12-16-6-3-2-4-7-16)21(30)25-8-5-9-27-10-11-28(23(32)33)15-20(27)29/h2-4,6-7,13-14H,5,8-12,15H2,1H3,(H,24,31)(H,25,30)(H,32,33). The van der Waals surface area contributed by atoms with Gasteiger partial charge in [0.2, 0.25) is 5.91 Å². The summed E-state index contributed by atoms with van der Waals surface area (Å²) in [6, 6.07) is 12.8. The first-order valence-electron chi connectivity index (χ1n) is 10.7. The van der Waals surface area contributed by atoms with Crippen LogP contribution in [0.5, 0.6) is 0 Å². The van der Waals surface area contributed by atoms with Crippen LogP contribution in [0.15, 0.2) is 42.5 Å². The van der Waals surface area contributed by atoms with Gasteiger partial charge in [0.1, 0.15) is 12.2 Å². The smallest absolute Gasteiger partial charge is 0.407 e. The van der Waals surface area contributed by atoms with E-state index < -0.39 is 6.09 Å². The second kappa shape index (κ2) is 11.1. The number of hydrogen-bond donors (Lipinski definition) is 3. The molecular weight excluding hydrogens is 426 g/mol. The van der Waals surface area contributed by atoms with E-state index in [1.165, 1.54) is 13.1 Å². The van der Waals surface area contributed by atoms with E-state index in [0.717, 1.165) is 10.5 Å². The van der Waals surface area contributed by atoms with Crippen molar-refractivity contribution in [1.29, 1.82) is 0 Å². The number of carboxylic acid groups (broad SMARTS) is 1. The average molecular weight is 453 g/mol. The number of nitrogens with zero attached hydrogens (tertiary/aromatic N) is 3. The minimum absolute atomic E-state index is 0.148. The number of hydrogen-bond acceptors (Lipinski definition) is 5. The largest absolute Gasteiger partial charge is 0.465 e. The van der Waals surface area contributed by atoms with Crippen molar-refractivity contribution in [1.82, 2.24) is 25.4 Å². The molecule has 0 spiro atoms. The molecule has 0 saturated carbocycles. The number of carbonyl (C=O) groups is 4. The predicted octanol–water partition coefficient (Wildman–Crippen LogP) is 0.974. The zero-order chi connectivity index (χ0) is 23.8. The molecule has 10 heteroatoms. The molecule has 33 heavy (non-hydrogen) atoms. The third-order valence-electron chi connectivity index (χ3n) is 5.31. The summed E-state index contributed by atoms with van der Waals surface area (Å²) < 4.78 is 0. The average Bonchev–Trinajstić information content (AvgIpc) is 2.82. The molecule has 1 aromatic carbocycles. The topological polar surface area (TPSA) is 132 Å². The van der Waals surface area contributed by atoms with E-state index in [1.54, 1.807) is 11.0 Å². The molecular formula is C23H27N5O5. The van der Waals surface area contributed by atoms with Crippen LogP contribution in [0.25, 0.3) is 0 Å². The summed E-state index contributed by atoms with van der Waals surface area (Å²) in [7, 11) is 1.51. The number of carbonyl (C=O) groups excluding carboxylic acids is 3. The van der Waals surface area contributed by atoms with E-state index in [2.05, 4.69) is 15.6 Å². The molecule has 1 saturated heterocycles. The highest BCUT2D eigenvalue weighted by Crippen LogP contribution is 2.12. The Morgan fingerprint density at radius 3 is 2.52 bits per heavy atom. The number of benzene rings is 1. The van der Waals surface area contributed by atoms with Gasteiger partial charge in [-0.3, -0.25) is 19.3 Å². The Morgan fingerprint density at radius 1 is 1.09 bits per heavy atom. The molecule has 2 aromatic rings. The lowest BCUT2D eigenvalue weighted by molar-refractivity contribution is -0.135. The molecule has 2 heterocycles. The normalized spacial score (nSPS) is 13.5. The molecule has 174 valence electrons. The molecule has 10 nitrogen and oxygen atoms in total. The lowest BCUT2D eigenvalue weighted by atomic mass is 10.1. The lowest BCUT2D eigenvalue weighted by Crippen LogP contribution is -2.52. The minimum Gasteiger partial charge on any atom is -0.465 e. The summed E-state index contributed by atoms with van der Waals surface area (Å²) >= 11 is 0. The van der Waals surface area contributed by atoms with E-state index in [-0.39, 0.29) is 36.5 Å². The third-order valence-corrected chi connectivity index (χ3v) is 5.31. The molecule has 1 aliphatic rings. The van der Waals surface area contributed by atoms with Gasteiger partial charge in [-0.2, -0.15) is 0 Å². The summed E-state index contributed by atoms with van der Waals surface area (Å²) in [5, 5.41) is 14.3. The summed E-state index contributed by atoms with van der Waals surface area (Å²) in [4.78, 5) is 55.0. The van der Waals surface area contributed by atoms with Gasteiger partial charge in [0.15, 0.2) is 0 Å². The van der Waals surface area contributed by atoms with Crippen molar-refractivity contribution >= 4 is 23.8 Å². The van der Waals surface area contributed by atoms with Crippen molar-refractivity contribution in [2.24, 2.45) is 0 Å². The van der Waals surface area contributed by atoms with E-state index in [9.17, 15) is 19.2 Å². The zero-order valence-corrected chi connectivity index (χ0v) is 18.4. The van der Waals surface area contributed by atoms with Gasteiger partial charge in [0, 0.05) is 50.9 Å². The Bertz CT molecular complexity index is 1030. The summed E-state index contributed by atoms with van der Waals surface area (Å²) in [5.41, 5.74) is 2.12. The number of pyridine rings is 1. The van der Waals surface area contributed by atoms with Crippen molar-refractivity contribution in [3.8, 4) is 0 Å². The molecule has 0 radical (unpaired) electrons. The Balaban J connectivity index is 1.58. The molecule has 1 fully saturated rings. The van der Waals surface area contributed by atoms with Crippen molar-refractivity contribution in [2.75, 3.05) is 39.8 Å². The van der Waals surface area contributed by atoms with E-state index >= 15 is 0 Å². The molecule has 3 rings (SSSR count). The molecule has 4 amide bonds. The van der Waals surface area contributed by atoms with E-state index in [0.29, 0.717) is 43.7 Å². The van der Waals surface area contributed by atoms with Crippen LogP contribution in [-0.2, 0) is 11.2 Å². The molecule has 3 N–H and O–H groups in total. The second-order valence-corrected chi connectivity index (χ2v) is 7.67. The highest BCUT2D eigenvalue weighted by molar-refractivity contribution is 5.98. The molecule has 0 unspecified atom stereocenters. The Labute approximate surface area is 191 Å². The van der Waals surface area contributed by atoms with Gasteiger partial charge >= 0.3 is 6.09 Å². The van der Waals surface area contributed by atoms with E-state index in [4.69, 9.17) is 5.11 Å². The number of rotatable bonds is 8. The zero-order valence-electron chi connectivity index (χ0n) is 18.4. The molecule has 1 aromatic heterocycles. The van der Waals surface area contributed by atoms with Crippen LogP contribution in [0.4, 0.5) is 4.79 Å². The number of piperazine rings is 1. The van der Waals surface area contributed by atoms with Crippen LogP contribution in [0.1, 0.15) is 38.5 Å². The Hall–Kier alpha value is -3.95. The summed E-state index contributed by atoms with van der Waals surface area (Å²) in [5.74, 6) is -0.957. The first-order valence-corrected chi connectivity index (χ1v) is 10.7. The SMILES string of the molecule is CNC(=O)c1cc(C(=O)NCCCN2CCN(C(=O)O)CC2=O)cc(Cc2ccccc2)n1.